The fourth-order valence-corrected chi connectivity index (χ4v) is 0.828. The summed E-state index contributed by atoms with van der Waals surface area (Å²) in [4.78, 5) is 10.5. The Bertz CT molecular complexity index is 299. The summed E-state index contributed by atoms with van der Waals surface area (Å²) in [5.41, 5.74) is 0.588. The van der Waals surface area contributed by atoms with Gasteiger partial charge < -0.3 is 9.47 Å². The molecule has 0 heterocycles. The Labute approximate surface area is 75.1 Å². The van der Waals surface area contributed by atoms with Crippen LogP contribution in [0.1, 0.15) is 5.56 Å². The van der Waals surface area contributed by atoms with Crippen LogP contribution in [-0.2, 0) is 16.1 Å². The molecule has 0 saturated carbocycles. The van der Waals surface area contributed by atoms with E-state index in [1.54, 1.807) is 12.1 Å². The van der Waals surface area contributed by atoms with Crippen LogP contribution < -0.4 is 0 Å². The molecule has 0 aliphatic heterocycles. The molecule has 0 spiro atoms. The predicted molar refractivity (Wildman–Crippen MR) is 43.6 cm³/mol. The van der Waals surface area contributed by atoms with Crippen molar-refractivity contribution >= 4 is 6.16 Å². The van der Waals surface area contributed by atoms with Gasteiger partial charge in [-0.2, -0.15) is 0 Å². The van der Waals surface area contributed by atoms with Gasteiger partial charge >= 0.3 is 6.16 Å². The Balaban J connectivity index is 2.50. The number of carbonyl (C=O) groups is 1. The van der Waals surface area contributed by atoms with Crippen LogP contribution in [0.5, 0.6) is 0 Å². The summed E-state index contributed by atoms with van der Waals surface area (Å²) in [6, 6.07) is 5.82. The molecule has 0 aliphatic carbocycles. The fraction of sp³-hybridized carbons (Fsp3) is 0.222. The summed E-state index contributed by atoms with van der Waals surface area (Å²) >= 11 is 0. The highest BCUT2D eigenvalue weighted by atomic mass is 19.1. The van der Waals surface area contributed by atoms with Gasteiger partial charge in [0.05, 0.1) is 7.11 Å². The van der Waals surface area contributed by atoms with Gasteiger partial charge in [-0.15, -0.1) is 0 Å². The molecule has 1 aromatic rings. The highest BCUT2D eigenvalue weighted by Gasteiger charge is 2.01. The molecule has 4 heteroatoms. The Morgan fingerprint density at radius 3 is 2.92 bits per heavy atom. The molecular weight excluding hydrogens is 175 g/mol. The van der Waals surface area contributed by atoms with Crippen LogP contribution in [0.4, 0.5) is 9.18 Å². The molecule has 13 heavy (non-hydrogen) atoms. The third-order valence-corrected chi connectivity index (χ3v) is 1.41. The molecule has 3 nitrogen and oxygen atoms in total. The number of benzene rings is 1. The molecule has 0 bridgehead atoms. The van der Waals surface area contributed by atoms with E-state index >= 15 is 0 Å². The molecule has 0 radical (unpaired) electrons. The van der Waals surface area contributed by atoms with E-state index in [-0.39, 0.29) is 12.4 Å². The summed E-state index contributed by atoms with van der Waals surface area (Å²) < 4.78 is 21.5. The summed E-state index contributed by atoms with van der Waals surface area (Å²) in [6.45, 7) is 0.0183. The van der Waals surface area contributed by atoms with Crippen molar-refractivity contribution in [2.24, 2.45) is 0 Å². The largest absolute Gasteiger partial charge is 0.508 e. The zero-order valence-corrected chi connectivity index (χ0v) is 7.12. The van der Waals surface area contributed by atoms with Crippen LogP contribution in [0.25, 0.3) is 0 Å². The average molecular weight is 184 g/mol. The molecule has 0 amide bonds. The van der Waals surface area contributed by atoms with Crippen molar-refractivity contribution < 1.29 is 18.7 Å². The van der Waals surface area contributed by atoms with E-state index in [2.05, 4.69) is 9.47 Å². The number of carbonyl (C=O) groups excluding carboxylic acids is 1. The number of ether oxygens (including phenoxy) is 2. The Morgan fingerprint density at radius 2 is 2.31 bits per heavy atom. The second-order valence-electron chi connectivity index (χ2n) is 2.37. The molecule has 0 aliphatic rings. The molecule has 1 rings (SSSR count). The van der Waals surface area contributed by atoms with Crippen molar-refractivity contribution in [3.8, 4) is 0 Å². The van der Waals surface area contributed by atoms with Gasteiger partial charge in [-0.05, 0) is 17.7 Å². The van der Waals surface area contributed by atoms with E-state index in [1.165, 1.54) is 19.2 Å². The van der Waals surface area contributed by atoms with Gasteiger partial charge in [0, 0.05) is 0 Å². The van der Waals surface area contributed by atoms with Crippen LogP contribution in [0.15, 0.2) is 24.3 Å². The maximum absolute atomic E-state index is 12.6. The lowest BCUT2D eigenvalue weighted by Gasteiger charge is -2.02. The number of hydrogen-bond donors (Lipinski definition) is 0. The van der Waals surface area contributed by atoms with E-state index in [4.69, 9.17) is 0 Å². The lowest BCUT2D eigenvalue weighted by molar-refractivity contribution is 0.0668. The van der Waals surface area contributed by atoms with Crippen molar-refractivity contribution in [1.29, 1.82) is 0 Å². The second-order valence-corrected chi connectivity index (χ2v) is 2.37. The first-order chi connectivity index (χ1) is 6.22. The monoisotopic (exact) mass is 184 g/mol. The van der Waals surface area contributed by atoms with E-state index in [1.807, 2.05) is 0 Å². The normalized spacial score (nSPS) is 9.38. The van der Waals surface area contributed by atoms with Crippen molar-refractivity contribution in [2.75, 3.05) is 7.11 Å². The standard InChI is InChI=1S/C9H9FO3/c1-12-9(11)13-6-7-3-2-4-8(10)5-7/h2-5H,6H2,1H3. The molecule has 0 N–H and O–H groups in total. The van der Waals surface area contributed by atoms with Gasteiger partial charge in [0.1, 0.15) is 12.4 Å². The SMILES string of the molecule is COC(=O)OCc1cccc(F)c1. The van der Waals surface area contributed by atoms with Crippen molar-refractivity contribution in [3.05, 3.63) is 35.6 Å². The lowest BCUT2D eigenvalue weighted by Crippen LogP contribution is -2.03. The zero-order valence-electron chi connectivity index (χ0n) is 7.12. The van der Waals surface area contributed by atoms with Gasteiger partial charge in [-0.25, -0.2) is 9.18 Å². The zero-order chi connectivity index (χ0) is 9.68. The average Bonchev–Trinajstić information content (AvgIpc) is 2.14. The minimum absolute atomic E-state index is 0.0183. The first kappa shape index (κ1) is 9.51. The third-order valence-electron chi connectivity index (χ3n) is 1.41. The Hall–Kier alpha value is -1.58. The first-order valence-corrected chi connectivity index (χ1v) is 3.67. The van der Waals surface area contributed by atoms with Crippen LogP contribution in [0.2, 0.25) is 0 Å². The second kappa shape index (κ2) is 4.45. The van der Waals surface area contributed by atoms with Crippen LogP contribution in [-0.4, -0.2) is 13.3 Å². The molecule has 0 atom stereocenters. The number of halogens is 1. The highest BCUT2D eigenvalue weighted by molar-refractivity contribution is 5.59. The minimum Gasteiger partial charge on any atom is -0.438 e. The number of rotatable bonds is 2. The maximum Gasteiger partial charge on any atom is 0.508 e. The Morgan fingerprint density at radius 1 is 1.54 bits per heavy atom. The van der Waals surface area contributed by atoms with Crippen LogP contribution >= 0.6 is 0 Å². The highest BCUT2D eigenvalue weighted by Crippen LogP contribution is 2.05. The number of hydrogen-bond acceptors (Lipinski definition) is 3. The smallest absolute Gasteiger partial charge is 0.438 e. The maximum atomic E-state index is 12.6. The minimum atomic E-state index is -0.774. The molecule has 0 fully saturated rings. The van der Waals surface area contributed by atoms with Crippen LogP contribution in [0.3, 0.4) is 0 Å². The van der Waals surface area contributed by atoms with Gasteiger partial charge in [0.2, 0.25) is 0 Å². The lowest BCUT2D eigenvalue weighted by atomic mass is 10.2. The van der Waals surface area contributed by atoms with E-state index < -0.39 is 6.16 Å². The topological polar surface area (TPSA) is 35.5 Å². The summed E-state index contributed by atoms with van der Waals surface area (Å²) in [5.74, 6) is -0.356. The molecule has 0 saturated heterocycles. The first-order valence-electron chi connectivity index (χ1n) is 3.67. The quantitative estimate of drug-likeness (QED) is 0.660. The van der Waals surface area contributed by atoms with Crippen molar-refractivity contribution in [1.82, 2.24) is 0 Å². The van der Waals surface area contributed by atoms with Gasteiger partial charge in [0.15, 0.2) is 0 Å². The van der Waals surface area contributed by atoms with E-state index in [9.17, 15) is 9.18 Å². The molecule has 70 valence electrons. The molecule has 0 unspecified atom stereocenters. The van der Waals surface area contributed by atoms with E-state index in [0.717, 1.165) is 0 Å². The summed E-state index contributed by atoms with van der Waals surface area (Å²) in [7, 11) is 1.22. The predicted octanol–water partition coefficient (Wildman–Crippen LogP) is 2.11. The van der Waals surface area contributed by atoms with Gasteiger partial charge in [-0.3, -0.25) is 0 Å². The third kappa shape index (κ3) is 3.11. The van der Waals surface area contributed by atoms with Gasteiger partial charge in [-0.1, -0.05) is 12.1 Å². The van der Waals surface area contributed by atoms with Crippen molar-refractivity contribution in [3.63, 3.8) is 0 Å². The van der Waals surface area contributed by atoms with Crippen molar-refractivity contribution in [2.45, 2.75) is 6.61 Å². The molecule has 0 aromatic heterocycles. The van der Waals surface area contributed by atoms with Gasteiger partial charge in [0.25, 0.3) is 0 Å². The Kier molecular flexibility index (Phi) is 3.25. The summed E-state index contributed by atoms with van der Waals surface area (Å²) in [6.07, 6.45) is -0.774. The molecule has 1 aromatic carbocycles. The van der Waals surface area contributed by atoms with Crippen LogP contribution in [0, 0.1) is 5.82 Å². The number of methoxy groups -OCH3 is 1. The van der Waals surface area contributed by atoms with E-state index in [0.29, 0.717) is 5.56 Å². The molecular formula is C9H9FO3. The fourth-order valence-electron chi connectivity index (χ4n) is 0.828. The summed E-state index contributed by atoms with van der Waals surface area (Å²) in [5, 5.41) is 0.